The third kappa shape index (κ3) is 2.45. The van der Waals surface area contributed by atoms with Crippen LogP contribution in [0.15, 0.2) is 4.52 Å². The van der Waals surface area contributed by atoms with Crippen LogP contribution in [0.1, 0.15) is 25.2 Å². The molecule has 0 unspecified atom stereocenters. The molecule has 1 rings (SSSR count). The molecule has 0 saturated heterocycles. The molecule has 0 amide bonds. The minimum atomic E-state index is 0.0947. The summed E-state index contributed by atoms with van der Waals surface area (Å²) in [5, 5.41) is 3.81. The molecule has 4 heteroatoms. The summed E-state index contributed by atoms with van der Waals surface area (Å²) in [6.07, 6.45) is 0.741. The summed E-state index contributed by atoms with van der Waals surface area (Å²) in [7, 11) is 0. The van der Waals surface area contributed by atoms with E-state index in [2.05, 4.69) is 5.16 Å². The van der Waals surface area contributed by atoms with E-state index in [1.54, 1.807) is 0 Å². The maximum Gasteiger partial charge on any atom is 0.257 e. The molecule has 1 aromatic heterocycles. The number of aromatic nitrogens is 1. The standard InChI is InChI=1S/C9H16N2O2/c1-4-12-9-8(5-6(2)10)7(3)13-11-9/h6H,4-5,10H2,1-3H3/t6-/m1/s1. The third-order valence-electron chi connectivity index (χ3n) is 1.76. The number of nitrogens with two attached hydrogens (primary N) is 1. The molecule has 0 aromatic carbocycles. The fourth-order valence-corrected chi connectivity index (χ4v) is 1.17. The normalized spacial score (nSPS) is 12.9. The minimum absolute atomic E-state index is 0.0947. The highest BCUT2D eigenvalue weighted by Gasteiger charge is 2.14. The maximum atomic E-state index is 5.69. The molecule has 0 aliphatic heterocycles. The smallest absolute Gasteiger partial charge is 0.257 e. The summed E-state index contributed by atoms with van der Waals surface area (Å²) in [5.74, 6) is 1.37. The van der Waals surface area contributed by atoms with Gasteiger partial charge in [0.25, 0.3) is 5.88 Å². The van der Waals surface area contributed by atoms with Crippen LogP contribution in [0.3, 0.4) is 0 Å². The van der Waals surface area contributed by atoms with Crippen molar-refractivity contribution in [3.05, 3.63) is 11.3 Å². The van der Waals surface area contributed by atoms with Crippen LogP contribution in [-0.2, 0) is 6.42 Å². The van der Waals surface area contributed by atoms with Gasteiger partial charge in [-0.1, -0.05) is 0 Å². The lowest BCUT2D eigenvalue weighted by atomic mass is 10.1. The summed E-state index contributed by atoms with van der Waals surface area (Å²) >= 11 is 0. The molecule has 1 atom stereocenters. The summed E-state index contributed by atoms with van der Waals surface area (Å²) in [5.41, 5.74) is 6.68. The van der Waals surface area contributed by atoms with E-state index in [-0.39, 0.29) is 6.04 Å². The molecule has 1 heterocycles. The van der Waals surface area contributed by atoms with Gasteiger partial charge in [-0.25, -0.2) is 0 Å². The quantitative estimate of drug-likeness (QED) is 0.765. The van der Waals surface area contributed by atoms with Crippen LogP contribution in [0.5, 0.6) is 5.88 Å². The van der Waals surface area contributed by atoms with Gasteiger partial charge in [0.15, 0.2) is 0 Å². The number of ether oxygens (including phenoxy) is 1. The van der Waals surface area contributed by atoms with Crippen molar-refractivity contribution in [2.24, 2.45) is 5.73 Å². The fraction of sp³-hybridized carbons (Fsp3) is 0.667. The molecule has 0 saturated carbocycles. The van der Waals surface area contributed by atoms with Crippen molar-refractivity contribution in [3.63, 3.8) is 0 Å². The number of hydrogen-bond donors (Lipinski definition) is 1. The van der Waals surface area contributed by atoms with E-state index in [0.29, 0.717) is 12.5 Å². The van der Waals surface area contributed by atoms with Crippen LogP contribution in [0.4, 0.5) is 0 Å². The third-order valence-corrected chi connectivity index (χ3v) is 1.76. The number of rotatable bonds is 4. The maximum absolute atomic E-state index is 5.69. The van der Waals surface area contributed by atoms with Gasteiger partial charge in [-0.05, 0) is 32.3 Å². The van der Waals surface area contributed by atoms with E-state index in [4.69, 9.17) is 15.0 Å². The summed E-state index contributed by atoms with van der Waals surface area (Å²) in [4.78, 5) is 0. The van der Waals surface area contributed by atoms with Gasteiger partial charge in [0.1, 0.15) is 5.76 Å². The Morgan fingerprint density at radius 1 is 1.62 bits per heavy atom. The molecule has 2 N–H and O–H groups in total. The number of hydrogen-bond acceptors (Lipinski definition) is 4. The lowest BCUT2D eigenvalue weighted by molar-refractivity contribution is 0.290. The van der Waals surface area contributed by atoms with Crippen LogP contribution in [-0.4, -0.2) is 17.8 Å². The van der Waals surface area contributed by atoms with E-state index < -0.39 is 0 Å². The first-order chi connectivity index (χ1) is 6.15. The second-order valence-electron chi connectivity index (χ2n) is 3.14. The highest BCUT2D eigenvalue weighted by Crippen LogP contribution is 2.21. The van der Waals surface area contributed by atoms with Gasteiger partial charge in [-0.15, -0.1) is 0 Å². The van der Waals surface area contributed by atoms with Crippen molar-refractivity contribution in [1.82, 2.24) is 5.16 Å². The zero-order valence-electron chi connectivity index (χ0n) is 8.33. The van der Waals surface area contributed by atoms with Crippen molar-refractivity contribution in [2.45, 2.75) is 33.2 Å². The Kier molecular flexibility index (Phi) is 3.31. The molecular formula is C9H16N2O2. The molecule has 0 aliphatic rings. The summed E-state index contributed by atoms with van der Waals surface area (Å²) in [6, 6.07) is 0.0947. The molecule has 74 valence electrons. The highest BCUT2D eigenvalue weighted by atomic mass is 16.5. The van der Waals surface area contributed by atoms with Crippen LogP contribution >= 0.6 is 0 Å². The summed E-state index contributed by atoms with van der Waals surface area (Å²) < 4.78 is 10.3. The van der Waals surface area contributed by atoms with Gasteiger partial charge in [0.05, 0.1) is 12.2 Å². The van der Waals surface area contributed by atoms with E-state index in [9.17, 15) is 0 Å². The van der Waals surface area contributed by atoms with Crippen molar-refractivity contribution >= 4 is 0 Å². The zero-order chi connectivity index (χ0) is 9.84. The predicted octanol–water partition coefficient (Wildman–Crippen LogP) is 1.27. The van der Waals surface area contributed by atoms with Crippen LogP contribution in [0, 0.1) is 6.92 Å². The van der Waals surface area contributed by atoms with Gasteiger partial charge >= 0.3 is 0 Å². The molecule has 0 spiro atoms. The molecule has 1 aromatic rings. The van der Waals surface area contributed by atoms with Gasteiger partial charge < -0.3 is 15.0 Å². The Bertz CT molecular complexity index is 269. The average molecular weight is 184 g/mol. The minimum Gasteiger partial charge on any atom is -0.476 e. The molecular weight excluding hydrogens is 168 g/mol. The van der Waals surface area contributed by atoms with Crippen molar-refractivity contribution in [1.29, 1.82) is 0 Å². The lowest BCUT2D eigenvalue weighted by Crippen LogP contribution is -2.18. The fourth-order valence-electron chi connectivity index (χ4n) is 1.17. The first-order valence-corrected chi connectivity index (χ1v) is 4.48. The average Bonchev–Trinajstić information content (AvgIpc) is 2.36. The Labute approximate surface area is 78.0 Å². The second kappa shape index (κ2) is 4.28. The molecule has 0 bridgehead atoms. The van der Waals surface area contributed by atoms with Crippen LogP contribution in [0.2, 0.25) is 0 Å². The Morgan fingerprint density at radius 2 is 2.31 bits per heavy atom. The first kappa shape index (κ1) is 10.1. The molecule has 4 nitrogen and oxygen atoms in total. The van der Waals surface area contributed by atoms with Gasteiger partial charge in [-0.2, -0.15) is 0 Å². The SMILES string of the molecule is CCOc1noc(C)c1C[C@@H](C)N. The van der Waals surface area contributed by atoms with Crippen LogP contribution in [0.25, 0.3) is 0 Å². The molecule has 0 radical (unpaired) electrons. The van der Waals surface area contributed by atoms with E-state index >= 15 is 0 Å². The van der Waals surface area contributed by atoms with Crippen LogP contribution < -0.4 is 10.5 Å². The monoisotopic (exact) mass is 184 g/mol. The highest BCUT2D eigenvalue weighted by molar-refractivity contribution is 5.28. The Morgan fingerprint density at radius 3 is 2.85 bits per heavy atom. The van der Waals surface area contributed by atoms with E-state index in [1.807, 2.05) is 20.8 Å². The first-order valence-electron chi connectivity index (χ1n) is 4.48. The zero-order valence-corrected chi connectivity index (χ0v) is 8.33. The van der Waals surface area contributed by atoms with Gasteiger partial charge in [-0.3, -0.25) is 0 Å². The van der Waals surface area contributed by atoms with Crippen molar-refractivity contribution < 1.29 is 9.26 Å². The van der Waals surface area contributed by atoms with Crippen molar-refractivity contribution in [2.75, 3.05) is 6.61 Å². The second-order valence-corrected chi connectivity index (χ2v) is 3.14. The Balaban J connectivity index is 2.81. The number of nitrogens with zero attached hydrogens (tertiary/aromatic N) is 1. The molecule has 0 fully saturated rings. The van der Waals surface area contributed by atoms with E-state index in [1.165, 1.54) is 0 Å². The van der Waals surface area contributed by atoms with Gasteiger partial charge in [0, 0.05) is 6.04 Å². The lowest BCUT2D eigenvalue weighted by Gasteiger charge is -2.05. The topological polar surface area (TPSA) is 61.3 Å². The molecule has 0 aliphatic carbocycles. The predicted molar refractivity (Wildman–Crippen MR) is 49.8 cm³/mol. The van der Waals surface area contributed by atoms with Crippen molar-refractivity contribution in [3.8, 4) is 5.88 Å². The Hall–Kier alpha value is -1.03. The summed E-state index contributed by atoms with van der Waals surface area (Å²) in [6.45, 7) is 6.33. The van der Waals surface area contributed by atoms with Gasteiger partial charge in [0.2, 0.25) is 0 Å². The molecule has 13 heavy (non-hydrogen) atoms. The largest absolute Gasteiger partial charge is 0.476 e. The number of aryl methyl sites for hydroxylation is 1. The van der Waals surface area contributed by atoms with E-state index in [0.717, 1.165) is 17.7 Å².